The molecule has 0 saturated carbocycles. The summed E-state index contributed by atoms with van der Waals surface area (Å²) in [4.78, 5) is 30.5. The van der Waals surface area contributed by atoms with Crippen LogP contribution in [0.5, 0.6) is 17.2 Å². The lowest BCUT2D eigenvalue weighted by molar-refractivity contribution is 0.102. The number of ketones is 1. The number of nitrogens with one attached hydrogen (secondary N) is 1. The van der Waals surface area contributed by atoms with Gasteiger partial charge in [0, 0.05) is 11.6 Å². The summed E-state index contributed by atoms with van der Waals surface area (Å²) in [6.07, 6.45) is 0. The summed E-state index contributed by atoms with van der Waals surface area (Å²) in [6, 6.07) is 6.08. The topological polar surface area (TPSA) is 102 Å². The van der Waals surface area contributed by atoms with Crippen molar-refractivity contribution in [2.75, 3.05) is 20.0 Å². The molecule has 0 bridgehead atoms. The first kappa shape index (κ1) is 17.3. The van der Waals surface area contributed by atoms with Crippen molar-refractivity contribution in [2.45, 2.75) is 4.34 Å². The molecule has 2 N–H and O–H groups in total. The van der Waals surface area contributed by atoms with Crippen molar-refractivity contribution in [3.05, 3.63) is 40.2 Å². The minimum Gasteiger partial charge on any atom is -0.506 e. The van der Waals surface area contributed by atoms with Gasteiger partial charge in [-0.25, -0.2) is 4.98 Å². The van der Waals surface area contributed by atoms with Crippen molar-refractivity contribution in [1.82, 2.24) is 9.97 Å². The van der Waals surface area contributed by atoms with Crippen LogP contribution in [0.3, 0.4) is 0 Å². The lowest BCUT2D eigenvalue weighted by atomic mass is 10.1. The van der Waals surface area contributed by atoms with Crippen LogP contribution in [-0.2, 0) is 0 Å². The van der Waals surface area contributed by atoms with Crippen LogP contribution in [0, 0.1) is 0 Å². The van der Waals surface area contributed by atoms with Gasteiger partial charge in [-0.2, -0.15) is 0 Å². The zero-order chi connectivity index (χ0) is 18.0. The monoisotopic (exact) mass is 378 g/mol. The van der Waals surface area contributed by atoms with Crippen molar-refractivity contribution < 1.29 is 19.4 Å². The number of aromatic nitrogens is 2. The molecular formula is C16H14N2O5S2. The molecule has 2 aromatic heterocycles. The molecule has 0 amide bonds. The van der Waals surface area contributed by atoms with Gasteiger partial charge in [0.15, 0.2) is 27.3 Å². The molecule has 1 aromatic carbocycles. The number of methoxy groups -OCH3 is 2. The van der Waals surface area contributed by atoms with E-state index in [1.165, 1.54) is 37.3 Å². The van der Waals surface area contributed by atoms with Crippen molar-refractivity contribution in [1.29, 1.82) is 0 Å². The molecule has 9 heteroatoms. The van der Waals surface area contributed by atoms with Gasteiger partial charge in [-0.15, -0.1) is 11.3 Å². The van der Waals surface area contributed by atoms with E-state index in [0.717, 1.165) is 6.07 Å². The normalized spacial score (nSPS) is 10.8. The Kier molecular flexibility index (Phi) is 4.95. The average molecular weight is 378 g/mol. The Morgan fingerprint density at radius 2 is 2.04 bits per heavy atom. The molecule has 0 aliphatic rings. The summed E-state index contributed by atoms with van der Waals surface area (Å²) in [7, 11) is 3.04. The smallest absolute Gasteiger partial charge is 0.253 e. The van der Waals surface area contributed by atoms with E-state index in [2.05, 4.69) is 9.97 Å². The molecule has 0 atom stereocenters. The van der Waals surface area contributed by atoms with Crippen molar-refractivity contribution >= 4 is 39.2 Å². The highest BCUT2D eigenvalue weighted by Gasteiger charge is 2.14. The van der Waals surface area contributed by atoms with Crippen LogP contribution < -0.4 is 15.0 Å². The summed E-state index contributed by atoms with van der Waals surface area (Å²) in [5, 5.41) is 9.78. The second kappa shape index (κ2) is 7.16. The lowest BCUT2D eigenvalue weighted by Crippen LogP contribution is -2.03. The van der Waals surface area contributed by atoms with Crippen molar-refractivity contribution in [3.63, 3.8) is 0 Å². The third kappa shape index (κ3) is 3.62. The molecule has 0 unspecified atom stereocenters. The number of aromatic hydroxyl groups is 1. The number of hydrogen-bond donors (Lipinski definition) is 2. The Bertz CT molecular complexity index is 996. The van der Waals surface area contributed by atoms with Gasteiger partial charge >= 0.3 is 0 Å². The molecule has 3 rings (SSSR count). The fourth-order valence-corrected chi connectivity index (χ4v) is 4.09. The molecule has 7 nitrogen and oxygen atoms in total. The number of Topliss-reactive ketones (excluding diaryl/α,β-unsaturated/α-hetero) is 1. The zero-order valence-electron chi connectivity index (χ0n) is 13.4. The van der Waals surface area contributed by atoms with Crippen molar-refractivity contribution in [2.24, 2.45) is 0 Å². The molecule has 0 radical (unpaired) electrons. The molecule has 0 saturated heterocycles. The van der Waals surface area contributed by atoms with Gasteiger partial charge in [-0.05, 0) is 18.2 Å². The Morgan fingerprint density at radius 3 is 2.76 bits per heavy atom. The summed E-state index contributed by atoms with van der Waals surface area (Å²) >= 11 is 2.46. The predicted molar refractivity (Wildman–Crippen MR) is 96.5 cm³/mol. The van der Waals surface area contributed by atoms with Crippen LogP contribution in [-0.4, -0.2) is 40.8 Å². The molecule has 2 heterocycles. The first-order chi connectivity index (χ1) is 12.0. The molecule has 0 aliphatic heterocycles. The highest BCUT2D eigenvalue weighted by Crippen LogP contribution is 2.33. The van der Waals surface area contributed by atoms with Gasteiger partial charge in [-0.1, -0.05) is 11.8 Å². The Hall–Kier alpha value is -2.52. The number of H-pyrrole nitrogens is 1. The Morgan fingerprint density at radius 1 is 1.28 bits per heavy atom. The summed E-state index contributed by atoms with van der Waals surface area (Å²) < 4.78 is 11.4. The van der Waals surface area contributed by atoms with E-state index in [-0.39, 0.29) is 17.3 Å². The fraction of sp³-hybridized carbons (Fsp3) is 0.188. The van der Waals surface area contributed by atoms with Crippen LogP contribution >= 0.6 is 23.1 Å². The SMILES string of the molecule is COc1ccc(C(=O)CSc2nc3[nH]c(=O)cc(O)c3s2)cc1OC. The van der Waals surface area contributed by atoms with Crippen LogP contribution in [0.4, 0.5) is 0 Å². The molecule has 130 valence electrons. The van der Waals surface area contributed by atoms with E-state index < -0.39 is 5.56 Å². The summed E-state index contributed by atoms with van der Waals surface area (Å²) in [5.41, 5.74) is 0.395. The number of benzene rings is 1. The molecule has 0 aliphatic carbocycles. The predicted octanol–water partition coefficient (Wildman–Crippen LogP) is 2.68. The lowest BCUT2D eigenvalue weighted by Gasteiger charge is -2.08. The maximum absolute atomic E-state index is 12.4. The number of rotatable bonds is 6. The second-order valence-corrected chi connectivity index (χ2v) is 7.18. The highest BCUT2D eigenvalue weighted by atomic mass is 32.2. The van der Waals surface area contributed by atoms with Gasteiger partial charge < -0.3 is 19.6 Å². The number of carbonyl (C=O) groups excluding carboxylic acids is 1. The largest absolute Gasteiger partial charge is 0.506 e. The second-order valence-electron chi connectivity index (χ2n) is 4.96. The van der Waals surface area contributed by atoms with Gasteiger partial charge in [0.05, 0.1) is 20.0 Å². The van der Waals surface area contributed by atoms with E-state index in [9.17, 15) is 14.7 Å². The first-order valence-electron chi connectivity index (χ1n) is 7.12. The summed E-state index contributed by atoms with van der Waals surface area (Å²) in [5.74, 6) is 0.996. The van der Waals surface area contributed by atoms with Crippen LogP contribution in [0.2, 0.25) is 0 Å². The standard InChI is InChI=1S/C16H14N2O5S2/c1-22-11-4-3-8(5-12(11)23-2)10(20)7-24-16-18-15-14(25-16)9(19)6-13(21)17-15/h3-6H,7H2,1-2H3,(H2,17,19,21). The highest BCUT2D eigenvalue weighted by molar-refractivity contribution is 8.01. The van der Waals surface area contributed by atoms with Gasteiger partial charge in [0.25, 0.3) is 5.56 Å². The van der Waals surface area contributed by atoms with E-state index >= 15 is 0 Å². The number of thiazole rings is 1. The number of hydrogen-bond acceptors (Lipinski definition) is 8. The van der Waals surface area contributed by atoms with E-state index in [1.54, 1.807) is 18.2 Å². The maximum atomic E-state index is 12.4. The molecule has 25 heavy (non-hydrogen) atoms. The van der Waals surface area contributed by atoms with Gasteiger partial charge in [0.1, 0.15) is 10.4 Å². The van der Waals surface area contributed by atoms with Gasteiger partial charge in [0.2, 0.25) is 0 Å². The van der Waals surface area contributed by atoms with E-state index in [1.807, 2.05) is 0 Å². The minimum atomic E-state index is -0.423. The molecule has 0 spiro atoms. The van der Waals surface area contributed by atoms with E-state index in [0.29, 0.717) is 31.7 Å². The molecule has 3 aromatic rings. The van der Waals surface area contributed by atoms with Crippen LogP contribution in [0.25, 0.3) is 10.3 Å². The Labute approximate surface area is 150 Å². The number of fused-ring (bicyclic) bond motifs is 1. The number of thioether (sulfide) groups is 1. The van der Waals surface area contributed by atoms with Crippen LogP contribution in [0.15, 0.2) is 33.4 Å². The molecule has 0 fully saturated rings. The first-order valence-corrected chi connectivity index (χ1v) is 8.93. The van der Waals surface area contributed by atoms with Crippen LogP contribution in [0.1, 0.15) is 10.4 Å². The third-order valence-electron chi connectivity index (χ3n) is 3.38. The maximum Gasteiger partial charge on any atom is 0.253 e. The number of pyridine rings is 1. The number of nitrogens with zero attached hydrogens (tertiary/aromatic N) is 1. The Balaban J connectivity index is 1.76. The zero-order valence-corrected chi connectivity index (χ0v) is 15.0. The summed E-state index contributed by atoms with van der Waals surface area (Å²) in [6.45, 7) is 0. The van der Waals surface area contributed by atoms with E-state index in [4.69, 9.17) is 9.47 Å². The van der Waals surface area contributed by atoms with Crippen molar-refractivity contribution in [3.8, 4) is 17.2 Å². The number of aromatic amines is 1. The average Bonchev–Trinajstić information content (AvgIpc) is 3.02. The minimum absolute atomic E-state index is 0.0945. The third-order valence-corrected chi connectivity index (χ3v) is 5.60. The number of carbonyl (C=O) groups is 1. The van der Waals surface area contributed by atoms with Gasteiger partial charge in [-0.3, -0.25) is 9.59 Å². The molecular weight excluding hydrogens is 364 g/mol. The number of ether oxygens (including phenoxy) is 2. The fourth-order valence-electron chi connectivity index (χ4n) is 2.18. The quantitative estimate of drug-likeness (QED) is 0.502.